The molecule has 238 valence electrons. The summed E-state index contributed by atoms with van der Waals surface area (Å²) in [7, 11) is 1.82. The molecule has 6 rings (SSSR count). The summed E-state index contributed by atoms with van der Waals surface area (Å²) in [6, 6.07) is 5.39. The number of nitrogens with zero attached hydrogens (tertiary/aromatic N) is 8. The zero-order chi connectivity index (χ0) is 31.9. The molecule has 1 aliphatic heterocycles. The predicted molar refractivity (Wildman–Crippen MR) is 169 cm³/mol. The minimum absolute atomic E-state index is 0.0486. The second kappa shape index (κ2) is 12.4. The van der Waals surface area contributed by atoms with Crippen molar-refractivity contribution in [2.75, 3.05) is 26.9 Å². The van der Waals surface area contributed by atoms with E-state index in [1.54, 1.807) is 27.8 Å². The predicted octanol–water partition coefficient (Wildman–Crippen LogP) is 5.14. The van der Waals surface area contributed by atoms with Gasteiger partial charge in [-0.2, -0.15) is 5.10 Å². The first-order chi connectivity index (χ1) is 21.6. The van der Waals surface area contributed by atoms with E-state index in [0.717, 1.165) is 23.0 Å². The summed E-state index contributed by atoms with van der Waals surface area (Å²) < 4.78 is 38.2. The van der Waals surface area contributed by atoms with Crippen molar-refractivity contribution in [3.8, 4) is 11.3 Å². The number of methoxy groups -OCH3 is 1. The Labute approximate surface area is 261 Å². The summed E-state index contributed by atoms with van der Waals surface area (Å²) >= 11 is 0. The Morgan fingerprint density at radius 2 is 1.98 bits per heavy atom. The van der Waals surface area contributed by atoms with Gasteiger partial charge in [-0.05, 0) is 49.9 Å². The molecule has 0 bridgehead atoms. The van der Waals surface area contributed by atoms with Crippen molar-refractivity contribution in [1.82, 2.24) is 39.3 Å². The van der Waals surface area contributed by atoms with Gasteiger partial charge in [-0.25, -0.2) is 18.5 Å². The van der Waals surface area contributed by atoms with Gasteiger partial charge in [-0.1, -0.05) is 24.9 Å². The van der Waals surface area contributed by atoms with Crippen LogP contribution >= 0.6 is 0 Å². The lowest BCUT2D eigenvalue weighted by molar-refractivity contribution is 0.0539. The Morgan fingerprint density at radius 1 is 1.20 bits per heavy atom. The van der Waals surface area contributed by atoms with E-state index < -0.39 is 25.9 Å². The van der Waals surface area contributed by atoms with Gasteiger partial charge in [0.1, 0.15) is 29.1 Å². The molecule has 6 heterocycles. The van der Waals surface area contributed by atoms with Crippen LogP contribution in [0.2, 0.25) is 25.7 Å². The van der Waals surface area contributed by atoms with Crippen LogP contribution in [0.15, 0.2) is 30.6 Å². The number of halogens is 1. The average molecular weight is 635 g/mol. The van der Waals surface area contributed by atoms with Crippen LogP contribution in [0.4, 0.5) is 4.39 Å². The normalized spacial score (nSPS) is 15.3. The summed E-state index contributed by atoms with van der Waals surface area (Å²) in [5.41, 5.74) is 5.12. The standard InChI is InChI=1S/C31H39FN8O4Si/c1-19-27(38(2)37-35-19)21-16-23-25(34-17-21)29-30(26(31(41)42-3)36-39(29)18-44-14-15-45(4,5)6)40(23)28(20-9-12-43-13-10-20)24-22(32)8-7-11-33-24/h7-8,11,16-17,20,28H,9-10,12-15,18H2,1-6H3. The zero-order valence-corrected chi connectivity index (χ0v) is 27.6. The molecule has 5 aromatic heterocycles. The van der Waals surface area contributed by atoms with Crippen LogP contribution in [0.3, 0.4) is 0 Å². The Bertz CT molecular complexity index is 1830. The Hall–Kier alpha value is -4.01. The minimum atomic E-state index is -1.34. The average Bonchev–Trinajstić information content (AvgIpc) is 3.67. The fourth-order valence-electron chi connectivity index (χ4n) is 6.19. The number of hydrogen-bond acceptors (Lipinski definition) is 9. The number of esters is 1. The molecule has 14 heteroatoms. The van der Waals surface area contributed by atoms with Gasteiger partial charge in [0.2, 0.25) is 0 Å². The Kier molecular flexibility index (Phi) is 8.55. The number of fused-ring (bicyclic) bond motifs is 3. The van der Waals surface area contributed by atoms with Crippen molar-refractivity contribution in [2.24, 2.45) is 13.0 Å². The molecule has 0 N–H and O–H groups in total. The second-order valence-corrected chi connectivity index (χ2v) is 18.4. The van der Waals surface area contributed by atoms with Crippen LogP contribution in [-0.4, -0.2) is 80.3 Å². The first-order valence-electron chi connectivity index (χ1n) is 15.2. The van der Waals surface area contributed by atoms with E-state index >= 15 is 4.39 Å². The SMILES string of the molecule is COC(=O)c1nn(COCC[Si](C)(C)C)c2c3ncc(-c4c(C)nnn4C)cc3n(C(c3ncccc3F)C3CCOCC3)c12. The van der Waals surface area contributed by atoms with Crippen molar-refractivity contribution in [3.05, 3.63) is 53.5 Å². The fraction of sp³-hybridized carbons (Fsp3) is 0.484. The molecule has 0 aliphatic carbocycles. The highest BCUT2D eigenvalue weighted by molar-refractivity contribution is 6.76. The van der Waals surface area contributed by atoms with Crippen LogP contribution in [0.25, 0.3) is 33.3 Å². The second-order valence-electron chi connectivity index (χ2n) is 12.8. The third kappa shape index (κ3) is 5.89. The monoisotopic (exact) mass is 634 g/mol. The summed E-state index contributed by atoms with van der Waals surface area (Å²) in [6.45, 7) is 10.5. The van der Waals surface area contributed by atoms with Crippen LogP contribution in [0, 0.1) is 18.7 Å². The highest BCUT2D eigenvalue weighted by Crippen LogP contribution is 2.42. The number of aromatic nitrogens is 8. The molecule has 1 saturated heterocycles. The maximum absolute atomic E-state index is 15.8. The Morgan fingerprint density at radius 3 is 2.64 bits per heavy atom. The number of rotatable bonds is 10. The van der Waals surface area contributed by atoms with Crippen molar-refractivity contribution in [1.29, 1.82) is 0 Å². The van der Waals surface area contributed by atoms with Crippen LogP contribution in [-0.2, 0) is 28.0 Å². The number of hydrogen-bond donors (Lipinski definition) is 0. The van der Waals surface area contributed by atoms with Gasteiger partial charge in [0, 0.05) is 52.9 Å². The minimum Gasteiger partial charge on any atom is -0.464 e. The molecular weight excluding hydrogens is 595 g/mol. The van der Waals surface area contributed by atoms with Gasteiger partial charge in [0.05, 0.1) is 35.8 Å². The van der Waals surface area contributed by atoms with E-state index in [1.165, 1.54) is 13.2 Å². The number of aryl methyl sites for hydroxylation is 2. The molecule has 1 unspecified atom stereocenters. The summed E-state index contributed by atoms with van der Waals surface area (Å²) in [4.78, 5) is 22.9. The molecule has 45 heavy (non-hydrogen) atoms. The lowest BCUT2D eigenvalue weighted by Gasteiger charge is -2.32. The van der Waals surface area contributed by atoms with E-state index in [9.17, 15) is 4.79 Å². The first kappa shape index (κ1) is 31.0. The van der Waals surface area contributed by atoms with E-state index in [-0.39, 0.29) is 24.0 Å². The van der Waals surface area contributed by atoms with Gasteiger partial charge in [-0.15, -0.1) is 5.10 Å². The zero-order valence-electron chi connectivity index (χ0n) is 26.6. The molecule has 5 aromatic rings. The first-order valence-corrected chi connectivity index (χ1v) is 18.9. The molecule has 12 nitrogen and oxygen atoms in total. The number of carbonyl (C=O) groups is 1. The maximum Gasteiger partial charge on any atom is 0.360 e. The molecule has 0 spiro atoms. The maximum atomic E-state index is 15.8. The quantitative estimate of drug-likeness (QED) is 0.117. The highest BCUT2D eigenvalue weighted by Gasteiger charge is 2.36. The topological polar surface area (TPSA) is 124 Å². The lowest BCUT2D eigenvalue weighted by Crippen LogP contribution is -2.28. The molecular formula is C31H39FN8O4Si. The Balaban J connectivity index is 1.66. The fourth-order valence-corrected chi connectivity index (χ4v) is 6.95. The van der Waals surface area contributed by atoms with Gasteiger partial charge in [0.25, 0.3) is 0 Å². The number of ether oxygens (including phenoxy) is 3. The van der Waals surface area contributed by atoms with Gasteiger partial charge < -0.3 is 18.8 Å². The molecule has 1 aliphatic rings. The third-order valence-electron chi connectivity index (χ3n) is 8.43. The number of carbonyl (C=O) groups excluding carboxylic acids is 1. The smallest absolute Gasteiger partial charge is 0.360 e. The van der Waals surface area contributed by atoms with Crippen molar-refractivity contribution < 1.29 is 23.4 Å². The van der Waals surface area contributed by atoms with Gasteiger partial charge in [0.15, 0.2) is 5.69 Å². The van der Waals surface area contributed by atoms with E-state index in [0.29, 0.717) is 54.7 Å². The van der Waals surface area contributed by atoms with E-state index in [2.05, 4.69) is 34.9 Å². The molecule has 0 amide bonds. The summed E-state index contributed by atoms with van der Waals surface area (Å²) in [5.74, 6) is -1.09. The van der Waals surface area contributed by atoms with Gasteiger partial charge in [-0.3, -0.25) is 9.97 Å². The molecule has 0 radical (unpaired) electrons. The molecule has 0 saturated carbocycles. The summed E-state index contributed by atoms with van der Waals surface area (Å²) in [5, 5.41) is 13.1. The van der Waals surface area contributed by atoms with Gasteiger partial charge >= 0.3 is 5.97 Å². The highest BCUT2D eigenvalue weighted by atomic mass is 28.3. The summed E-state index contributed by atoms with van der Waals surface area (Å²) in [6.07, 6.45) is 4.73. The van der Waals surface area contributed by atoms with E-state index in [4.69, 9.17) is 24.3 Å². The number of pyridine rings is 2. The molecule has 0 aromatic carbocycles. The third-order valence-corrected chi connectivity index (χ3v) is 10.1. The largest absolute Gasteiger partial charge is 0.464 e. The molecule has 1 atom stereocenters. The molecule has 1 fully saturated rings. The van der Waals surface area contributed by atoms with Crippen LogP contribution in [0.5, 0.6) is 0 Å². The van der Waals surface area contributed by atoms with Crippen molar-refractivity contribution >= 4 is 36.1 Å². The van der Waals surface area contributed by atoms with Crippen molar-refractivity contribution in [2.45, 2.75) is 58.2 Å². The lowest BCUT2D eigenvalue weighted by atomic mass is 9.88. The van der Waals surface area contributed by atoms with Crippen LogP contribution in [0.1, 0.15) is 40.8 Å². The van der Waals surface area contributed by atoms with Crippen molar-refractivity contribution in [3.63, 3.8) is 0 Å². The van der Waals surface area contributed by atoms with E-state index in [1.807, 2.05) is 24.6 Å². The van der Waals surface area contributed by atoms with Crippen LogP contribution < -0.4 is 0 Å².